The molecule has 1 aromatic heterocycles. The molecule has 0 saturated carbocycles. The Labute approximate surface area is 158 Å². The van der Waals surface area contributed by atoms with Crippen LogP contribution in [0.4, 0.5) is 11.6 Å². The first-order valence-electron chi connectivity index (χ1n) is 8.47. The standard InChI is InChI=1S/C19H16N4O5/c1-28-15-7-6-10(18(26)27)8-12(15)20-17(25)14-9-16(24)22-19-21-11-4-2-3-5-13(11)23(14)19/h2-8,14H,9H2,1H3,(H,20,25)(H,26,27)(H,21,22,24)/t14-/m0/s1. The van der Waals surface area contributed by atoms with E-state index in [0.29, 0.717) is 22.7 Å². The van der Waals surface area contributed by atoms with Crippen molar-refractivity contribution in [3.63, 3.8) is 0 Å². The van der Waals surface area contributed by atoms with E-state index in [1.807, 2.05) is 18.2 Å². The molecule has 0 radical (unpaired) electrons. The van der Waals surface area contributed by atoms with Crippen LogP contribution in [0.25, 0.3) is 11.0 Å². The highest BCUT2D eigenvalue weighted by molar-refractivity contribution is 6.04. The summed E-state index contributed by atoms with van der Waals surface area (Å²) in [5.41, 5.74) is 1.59. The molecule has 28 heavy (non-hydrogen) atoms. The molecular weight excluding hydrogens is 364 g/mol. The smallest absolute Gasteiger partial charge is 0.335 e. The Kier molecular flexibility index (Phi) is 4.19. The fourth-order valence-corrected chi connectivity index (χ4v) is 3.26. The van der Waals surface area contributed by atoms with E-state index in [9.17, 15) is 19.5 Å². The predicted octanol–water partition coefficient (Wildman–Crippen LogP) is 2.27. The number of aromatic carboxylic acids is 1. The molecule has 3 N–H and O–H groups in total. The van der Waals surface area contributed by atoms with Gasteiger partial charge in [-0.25, -0.2) is 9.78 Å². The highest BCUT2D eigenvalue weighted by Crippen LogP contribution is 2.32. The Hall–Kier alpha value is -3.88. The SMILES string of the molecule is COc1ccc(C(=O)O)cc1NC(=O)[C@@H]1CC(=O)Nc2nc3ccccc3n21. The molecule has 3 aromatic rings. The number of aromatic nitrogens is 2. The minimum Gasteiger partial charge on any atom is -0.495 e. The monoisotopic (exact) mass is 380 g/mol. The number of nitrogens with one attached hydrogen (secondary N) is 2. The van der Waals surface area contributed by atoms with Crippen molar-refractivity contribution in [3.05, 3.63) is 48.0 Å². The molecule has 142 valence electrons. The number of carbonyl (C=O) groups is 3. The van der Waals surface area contributed by atoms with Gasteiger partial charge in [0.15, 0.2) is 0 Å². The van der Waals surface area contributed by atoms with E-state index >= 15 is 0 Å². The molecule has 2 heterocycles. The summed E-state index contributed by atoms with van der Waals surface area (Å²) in [6.45, 7) is 0. The third-order valence-corrected chi connectivity index (χ3v) is 4.54. The van der Waals surface area contributed by atoms with Gasteiger partial charge in [0.05, 0.1) is 35.8 Å². The maximum atomic E-state index is 13.0. The molecular formula is C19H16N4O5. The molecule has 2 aromatic carbocycles. The maximum absolute atomic E-state index is 13.0. The first kappa shape index (κ1) is 17.5. The quantitative estimate of drug-likeness (QED) is 0.638. The summed E-state index contributed by atoms with van der Waals surface area (Å²) in [6.07, 6.45) is -0.0693. The van der Waals surface area contributed by atoms with E-state index in [4.69, 9.17) is 4.74 Å². The van der Waals surface area contributed by atoms with E-state index in [1.165, 1.54) is 25.3 Å². The number of imidazole rings is 1. The minimum absolute atomic E-state index is 0.00579. The largest absolute Gasteiger partial charge is 0.495 e. The van der Waals surface area contributed by atoms with Gasteiger partial charge < -0.3 is 15.2 Å². The molecule has 0 fully saturated rings. The number of ether oxygens (including phenoxy) is 1. The lowest BCUT2D eigenvalue weighted by Gasteiger charge is -2.25. The van der Waals surface area contributed by atoms with Gasteiger partial charge in [0.1, 0.15) is 11.8 Å². The molecule has 0 spiro atoms. The lowest BCUT2D eigenvalue weighted by molar-refractivity contribution is -0.124. The van der Waals surface area contributed by atoms with Crippen LogP contribution in [-0.2, 0) is 9.59 Å². The zero-order valence-corrected chi connectivity index (χ0v) is 14.8. The van der Waals surface area contributed by atoms with Crippen molar-refractivity contribution in [1.29, 1.82) is 0 Å². The van der Waals surface area contributed by atoms with Gasteiger partial charge in [-0.05, 0) is 30.3 Å². The van der Waals surface area contributed by atoms with Crippen LogP contribution in [0.15, 0.2) is 42.5 Å². The van der Waals surface area contributed by atoms with E-state index in [2.05, 4.69) is 15.6 Å². The lowest BCUT2D eigenvalue weighted by atomic mass is 10.1. The molecule has 9 heteroatoms. The van der Waals surface area contributed by atoms with Crippen LogP contribution >= 0.6 is 0 Å². The first-order chi connectivity index (χ1) is 13.5. The molecule has 1 aliphatic rings. The fraction of sp³-hybridized carbons (Fsp3) is 0.158. The lowest BCUT2D eigenvalue weighted by Crippen LogP contribution is -2.35. The van der Waals surface area contributed by atoms with Gasteiger partial charge in [-0.1, -0.05) is 12.1 Å². The average Bonchev–Trinajstić information content (AvgIpc) is 3.05. The van der Waals surface area contributed by atoms with Gasteiger partial charge in [0.25, 0.3) is 0 Å². The van der Waals surface area contributed by atoms with Gasteiger partial charge in [-0.2, -0.15) is 0 Å². The number of carbonyl (C=O) groups excluding carboxylic acids is 2. The number of hydrogen-bond donors (Lipinski definition) is 3. The fourth-order valence-electron chi connectivity index (χ4n) is 3.26. The van der Waals surface area contributed by atoms with Crippen molar-refractivity contribution in [3.8, 4) is 5.75 Å². The summed E-state index contributed by atoms with van der Waals surface area (Å²) < 4.78 is 6.87. The molecule has 1 atom stereocenters. The first-order valence-corrected chi connectivity index (χ1v) is 8.47. The van der Waals surface area contributed by atoms with E-state index in [0.717, 1.165) is 0 Å². The average molecular weight is 380 g/mol. The number of carboxylic acids is 1. The second-order valence-electron chi connectivity index (χ2n) is 6.27. The number of methoxy groups -OCH3 is 1. The Morgan fingerprint density at radius 3 is 2.82 bits per heavy atom. The van der Waals surface area contributed by atoms with Crippen LogP contribution < -0.4 is 15.4 Å². The molecule has 0 aliphatic carbocycles. The number of amides is 2. The van der Waals surface area contributed by atoms with Crippen LogP contribution in [0.2, 0.25) is 0 Å². The molecule has 2 amide bonds. The summed E-state index contributed by atoms with van der Waals surface area (Å²) in [7, 11) is 1.42. The molecule has 1 aliphatic heterocycles. The number of benzene rings is 2. The normalized spacial score (nSPS) is 15.6. The van der Waals surface area contributed by atoms with E-state index in [-0.39, 0.29) is 23.6 Å². The van der Waals surface area contributed by atoms with Crippen LogP contribution in [0.3, 0.4) is 0 Å². The molecule has 0 bridgehead atoms. The number of hydrogen-bond acceptors (Lipinski definition) is 5. The zero-order chi connectivity index (χ0) is 19.8. The van der Waals surface area contributed by atoms with Crippen molar-refractivity contribution in [1.82, 2.24) is 9.55 Å². The second kappa shape index (κ2) is 6.69. The summed E-state index contributed by atoms with van der Waals surface area (Å²) >= 11 is 0. The number of fused-ring (bicyclic) bond motifs is 3. The van der Waals surface area contributed by atoms with Crippen molar-refractivity contribution >= 4 is 40.5 Å². The Morgan fingerprint density at radius 1 is 1.29 bits per heavy atom. The minimum atomic E-state index is -1.13. The van der Waals surface area contributed by atoms with Crippen molar-refractivity contribution in [2.75, 3.05) is 17.7 Å². The van der Waals surface area contributed by atoms with Gasteiger partial charge in [-0.3, -0.25) is 19.5 Å². The van der Waals surface area contributed by atoms with E-state index in [1.54, 1.807) is 10.6 Å². The van der Waals surface area contributed by atoms with E-state index < -0.39 is 17.9 Å². The highest BCUT2D eigenvalue weighted by Gasteiger charge is 2.33. The van der Waals surface area contributed by atoms with Crippen LogP contribution in [-0.4, -0.2) is 39.6 Å². The van der Waals surface area contributed by atoms with Gasteiger partial charge >= 0.3 is 5.97 Å². The number of para-hydroxylation sites is 2. The van der Waals surface area contributed by atoms with Crippen molar-refractivity contribution in [2.45, 2.75) is 12.5 Å². The molecule has 0 unspecified atom stereocenters. The maximum Gasteiger partial charge on any atom is 0.335 e. The Bertz CT molecular complexity index is 1120. The van der Waals surface area contributed by atoms with Gasteiger partial charge in [0.2, 0.25) is 17.8 Å². The second-order valence-corrected chi connectivity index (χ2v) is 6.27. The highest BCUT2D eigenvalue weighted by atomic mass is 16.5. The molecule has 9 nitrogen and oxygen atoms in total. The summed E-state index contributed by atoms with van der Waals surface area (Å²) in [5, 5.41) is 14.6. The van der Waals surface area contributed by atoms with Crippen molar-refractivity contribution in [2.24, 2.45) is 0 Å². The molecule has 4 rings (SSSR count). The van der Waals surface area contributed by atoms with Crippen LogP contribution in [0.1, 0.15) is 22.8 Å². The summed E-state index contributed by atoms with van der Waals surface area (Å²) in [5.74, 6) is -1.31. The Morgan fingerprint density at radius 2 is 2.07 bits per heavy atom. The number of carboxylic acid groups (broad SMARTS) is 1. The van der Waals surface area contributed by atoms with Crippen LogP contribution in [0.5, 0.6) is 5.75 Å². The predicted molar refractivity (Wildman–Crippen MR) is 101 cm³/mol. The number of nitrogens with zero attached hydrogens (tertiary/aromatic N) is 2. The molecule has 0 saturated heterocycles. The zero-order valence-electron chi connectivity index (χ0n) is 14.8. The topological polar surface area (TPSA) is 123 Å². The summed E-state index contributed by atoms with van der Waals surface area (Å²) in [6, 6.07) is 10.6. The number of anilines is 2. The third-order valence-electron chi connectivity index (χ3n) is 4.54. The van der Waals surface area contributed by atoms with Crippen LogP contribution in [0, 0.1) is 0 Å². The third kappa shape index (κ3) is 2.92. The summed E-state index contributed by atoms with van der Waals surface area (Å²) in [4.78, 5) is 40.7. The number of rotatable bonds is 4. The van der Waals surface area contributed by atoms with Gasteiger partial charge in [-0.15, -0.1) is 0 Å². The van der Waals surface area contributed by atoms with Crippen molar-refractivity contribution < 1.29 is 24.2 Å². The van der Waals surface area contributed by atoms with Gasteiger partial charge in [0, 0.05) is 0 Å². The Balaban J connectivity index is 1.73.